The van der Waals surface area contributed by atoms with E-state index >= 15 is 0 Å². The number of halogens is 2. The summed E-state index contributed by atoms with van der Waals surface area (Å²) >= 11 is 5.79. The second-order valence-electron chi connectivity index (χ2n) is 4.67. The van der Waals surface area contributed by atoms with Gasteiger partial charge in [0.15, 0.2) is 0 Å². The average Bonchev–Trinajstić information content (AvgIpc) is 2.31. The lowest BCUT2D eigenvalue weighted by Gasteiger charge is -2.30. The maximum absolute atomic E-state index is 11.0. The number of nitrogens with zero attached hydrogens (tertiary/aromatic N) is 2. The van der Waals surface area contributed by atoms with E-state index in [9.17, 15) is 10.1 Å². The summed E-state index contributed by atoms with van der Waals surface area (Å²) in [5.74, 6) is 0. The lowest BCUT2D eigenvalue weighted by atomic mass is 10.1. The summed E-state index contributed by atoms with van der Waals surface area (Å²) in [5.41, 5.74) is 6.68. The molecular formula is C12H17Cl2N3O2. The molecule has 0 bridgehead atoms. The Hall–Kier alpha value is -0.880. The summed E-state index contributed by atoms with van der Waals surface area (Å²) in [7, 11) is 0. The van der Waals surface area contributed by atoms with E-state index in [0.29, 0.717) is 17.1 Å². The second-order valence-corrected chi connectivity index (χ2v) is 5.10. The molecule has 0 aromatic heterocycles. The fourth-order valence-corrected chi connectivity index (χ4v) is 2.48. The number of rotatable bonds is 3. The van der Waals surface area contributed by atoms with Gasteiger partial charge in [0.2, 0.25) is 0 Å². The van der Waals surface area contributed by atoms with Crippen LogP contribution in [0.4, 0.5) is 5.69 Å². The number of hydrogen-bond acceptors (Lipinski definition) is 4. The van der Waals surface area contributed by atoms with Crippen LogP contribution in [0.1, 0.15) is 18.4 Å². The molecule has 1 fully saturated rings. The second kappa shape index (κ2) is 7.05. The van der Waals surface area contributed by atoms with Crippen LogP contribution in [0.5, 0.6) is 0 Å². The minimum atomic E-state index is -0.384. The minimum Gasteiger partial charge on any atom is -0.327 e. The van der Waals surface area contributed by atoms with Crippen molar-refractivity contribution in [3.8, 4) is 0 Å². The Kier molecular flexibility index (Phi) is 6.00. The number of benzene rings is 1. The summed E-state index contributed by atoms with van der Waals surface area (Å²) in [4.78, 5) is 12.8. The van der Waals surface area contributed by atoms with Crippen LogP contribution in [0.15, 0.2) is 18.2 Å². The highest BCUT2D eigenvalue weighted by Gasteiger charge is 2.21. The summed E-state index contributed by atoms with van der Waals surface area (Å²) < 4.78 is 0. The molecule has 0 spiro atoms. The summed E-state index contributed by atoms with van der Waals surface area (Å²) in [6.45, 7) is 2.29. The quantitative estimate of drug-likeness (QED) is 0.688. The van der Waals surface area contributed by atoms with E-state index < -0.39 is 0 Å². The molecule has 7 heteroatoms. The Bertz CT molecular complexity index is 457. The summed E-state index contributed by atoms with van der Waals surface area (Å²) in [6.07, 6.45) is 2.07. The fourth-order valence-electron chi connectivity index (χ4n) is 2.32. The van der Waals surface area contributed by atoms with E-state index in [1.807, 2.05) is 0 Å². The number of piperidine rings is 1. The van der Waals surface area contributed by atoms with Gasteiger partial charge >= 0.3 is 0 Å². The first-order chi connectivity index (χ1) is 8.56. The zero-order valence-electron chi connectivity index (χ0n) is 10.4. The number of hydrogen-bond donors (Lipinski definition) is 1. The molecule has 0 unspecified atom stereocenters. The first-order valence-corrected chi connectivity index (χ1v) is 6.35. The summed E-state index contributed by atoms with van der Waals surface area (Å²) in [5, 5.41) is 11.4. The Morgan fingerprint density at radius 1 is 1.53 bits per heavy atom. The predicted octanol–water partition coefficient (Wildman–Crippen LogP) is 2.59. The Balaban J connectivity index is 0.00000180. The van der Waals surface area contributed by atoms with Crippen LogP contribution in [0.3, 0.4) is 0 Å². The van der Waals surface area contributed by atoms with Gasteiger partial charge < -0.3 is 5.73 Å². The van der Waals surface area contributed by atoms with Crippen LogP contribution in [0.2, 0.25) is 5.02 Å². The van der Waals surface area contributed by atoms with Crippen molar-refractivity contribution in [1.82, 2.24) is 4.90 Å². The summed E-state index contributed by atoms with van der Waals surface area (Å²) in [6, 6.07) is 4.99. The molecule has 0 radical (unpaired) electrons. The van der Waals surface area contributed by atoms with Crippen molar-refractivity contribution in [3.05, 3.63) is 38.9 Å². The van der Waals surface area contributed by atoms with Gasteiger partial charge in [-0.05, 0) is 31.5 Å². The van der Waals surface area contributed by atoms with Gasteiger partial charge in [0.05, 0.1) is 4.92 Å². The van der Waals surface area contributed by atoms with Crippen molar-refractivity contribution < 1.29 is 4.92 Å². The van der Waals surface area contributed by atoms with Gasteiger partial charge in [-0.15, -0.1) is 12.4 Å². The van der Waals surface area contributed by atoms with Gasteiger partial charge in [0.25, 0.3) is 5.69 Å². The van der Waals surface area contributed by atoms with Crippen LogP contribution in [-0.2, 0) is 6.54 Å². The minimum absolute atomic E-state index is 0. The van der Waals surface area contributed by atoms with E-state index in [1.54, 1.807) is 12.1 Å². The van der Waals surface area contributed by atoms with Gasteiger partial charge in [-0.1, -0.05) is 11.6 Å². The van der Waals surface area contributed by atoms with Crippen LogP contribution < -0.4 is 5.73 Å². The number of nitro benzene ring substituents is 1. The molecule has 1 aromatic rings. The molecule has 2 rings (SSSR count). The lowest BCUT2D eigenvalue weighted by Crippen LogP contribution is -2.42. The molecule has 1 aliphatic rings. The van der Waals surface area contributed by atoms with Gasteiger partial charge in [-0.3, -0.25) is 15.0 Å². The average molecular weight is 306 g/mol. The Labute approximate surface area is 123 Å². The predicted molar refractivity (Wildman–Crippen MR) is 77.8 cm³/mol. The van der Waals surface area contributed by atoms with Gasteiger partial charge in [0, 0.05) is 35.8 Å². The van der Waals surface area contributed by atoms with E-state index in [-0.39, 0.29) is 29.1 Å². The first kappa shape index (κ1) is 16.2. The number of nitrogens with two attached hydrogens (primary N) is 1. The Morgan fingerprint density at radius 2 is 2.26 bits per heavy atom. The van der Waals surface area contributed by atoms with Gasteiger partial charge in [0.1, 0.15) is 0 Å². The third-order valence-corrected chi connectivity index (χ3v) is 3.42. The zero-order chi connectivity index (χ0) is 13.1. The zero-order valence-corrected chi connectivity index (χ0v) is 12.0. The number of likely N-dealkylation sites (tertiary alicyclic amines) is 1. The Morgan fingerprint density at radius 3 is 2.89 bits per heavy atom. The van der Waals surface area contributed by atoms with E-state index in [1.165, 1.54) is 6.07 Å². The fraction of sp³-hybridized carbons (Fsp3) is 0.500. The molecule has 2 N–H and O–H groups in total. The molecule has 0 saturated carbocycles. The maximum Gasteiger partial charge on any atom is 0.275 e. The molecule has 1 atom stereocenters. The molecule has 19 heavy (non-hydrogen) atoms. The maximum atomic E-state index is 11.0. The van der Waals surface area contributed by atoms with E-state index in [4.69, 9.17) is 17.3 Å². The standard InChI is InChI=1S/C12H16ClN3O2.ClH/c13-10-4-3-9(12(6-10)16(17)18)7-15-5-1-2-11(14)8-15;/h3-4,6,11H,1-2,5,7-8,14H2;1H/t11-;/m1./s1. The SMILES string of the molecule is Cl.N[C@@H]1CCCN(Cc2ccc(Cl)cc2[N+](=O)[O-])C1. The van der Waals surface area contributed by atoms with Crippen LogP contribution in [0.25, 0.3) is 0 Å². The monoisotopic (exact) mass is 305 g/mol. The van der Waals surface area contributed by atoms with Crippen LogP contribution in [0, 0.1) is 10.1 Å². The molecule has 0 aliphatic carbocycles. The third kappa shape index (κ3) is 4.31. The first-order valence-electron chi connectivity index (χ1n) is 5.97. The molecule has 106 valence electrons. The van der Waals surface area contributed by atoms with Gasteiger partial charge in [-0.2, -0.15) is 0 Å². The highest BCUT2D eigenvalue weighted by molar-refractivity contribution is 6.30. The smallest absolute Gasteiger partial charge is 0.275 e. The largest absolute Gasteiger partial charge is 0.327 e. The van der Waals surface area contributed by atoms with E-state index in [2.05, 4.69) is 4.90 Å². The molecule has 0 amide bonds. The third-order valence-electron chi connectivity index (χ3n) is 3.18. The van der Waals surface area contributed by atoms with Crippen molar-refractivity contribution in [2.24, 2.45) is 5.73 Å². The lowest BCUT2D eigenvalue weighted by molar-refractivity contribution is -0.385. The molecule has 1 aliphatic heterocycles. The molecule has 1 aromatic carbocycles. The molecule has 1 saturated heterocycles. The van der Waals surface area contributed by atoms with Crippen molar-refractivity contribution >= 4 is 29.7 Å². The van der Waals surface area contributed by atoms with Crippen molar-refractivity contribution in [3.63, 3.8) is 0 Å². The molecule has 1 heterocycles. The highest BCUT2D eigenvalue weighted by Crippen LogP contribution is 2.25. The highest BCUT2D eigenvalue weighted by atomic mass is 35.5. The van der Waals surface area contributed by atoms with Crippen LogP contribution in [-0.4, -0.2) is 29.0 Å². The van der Waals surface area contributed by atoms with E-state index in [0.717, 1.165) is 25.9 Å². The van der Waals surface area contributed by atoms with Crippen LogP contribution >= 0.6 is 24.0 Å². The van der Waals surface area contributed by atoms with Gasteiger partial charge in [-0.25, -0.2) is 0 Å². The van der Waals surface area contributed by atoms with Crippen molar-refractivity contribution in [2.75, 3.05) is 13.1 Å². The normalized spacial score (nSPS) is 19.8. The van der Waals surface area contributed by atoms with Crippen molar-refractivity contribution in [2.45, 2.75) is 25.4 Å². The molecule has 5 nitrogen and oxygen atoms in total. The topological polar surface area (TPSA) is 72.4 Å². The van der Waals surface area contributed by atoms with Crippen molar-refractivity contribution in [1.29, 1.82) is 0 Å². The number of nitro groups is 1. The molecular weight excluding hydrogens is 289 g/mol.